The highest BCUT2D eigenvalue weighted by Gasteiger charge is 2.07. The van der Waals surface area contributed by atoms with Crippen LogP contribution in [0.5, 0.6) is 0 Å². The zero-order chi connectivity index (χ0) is 17.5. The summed E-state index contributed by atoms with van der Waals surface area (Å²) in [5.41, 5.74) is 12.3. The van der Waals surface area contributed by atoms with Crippen LogP contribution < -0.4 is 16.1 Å². The Morgan fingerprint density at radius 1 is 1.08 bits per heavy atom. The van der Waals surface area contributed by atoms with Crippen molar-refractivity contribution in [1.82, 2.24) is 5.43 Å². The Morgan fingerprint density at radius 2 is 1.75 bits per heavy atom. The maximum atomic E-state index is 12.2. The number of nitrogen functional groups attached to an aromatic ring is 1. The van der Waals surface area contributed by atoms with Crippen LogP contribution in [-0.4, -0.2) is 24.7 Å². The summed E-state index contributed by atoms with van der Waals surface area (Å²) < 4.78 is 0. The lowest BCUT2D eigenvalue weighted by Gasteiger charge is -2.20. The Morgan fingerprint density at radius 3 is 2.33 bits per heavy atom. The molecule has 2 rings (SSSR count). The normalized spacial score (nSPS) is 11.2. The molecule has 0 aliphatic heterocycles. The second kappa shape index (κ2) is 8.15. The van der Waals surface area contributed by atoms with Crippen LogP contribution in [0.1, 0.15) is 36.7 Å². The molecular weight excluding hydrogens is 300 g/mol. The molecule has 0 fully saturated rings. The third-order valence-electron chi connectivity index (χ3n) is 3.89. The van der Waals surface area contributed by atoms with Crippen LogP contribution in [0.3, 0.4) is 0 Å². The number of carbonyl (C=O) groups is 1. The van der Waals surface area contributed by atoms with E-state index < -0.39 is 0 Å². The molecule has 0 saturated heterocycles. The smallest absolute Gasteiger partial charge is 0.271 e. The zero-order valence-corrected chi connectivity index (χ0v) is 14.4. The molecule has 0 unspecified atom stereocenters. The van der Waals surface area contributed by atoms with Gasteiger partial charge in [0.2, 0.25) is 0 Å². The molecule has 1 amide bonds. The second-order valence-electron chi connectivity index (χ2n) is 5.48. The van der Waals surface area contributed by atoms with Crippen LogP contribution in [-0.2, 0) is 0 Å². The van der Waals surface area contributed by atoms with E-state index >= 15 is 0 Å². The molecule has 0 aromatic heterocycles. The molecular formula is C19H24N4O. The third-order valence-corrected chi connectivity index (χ3v) is 3.89. The minimum atomic E-state index is -0.232. The van der Waals surface area contributed by atoms with Crippen molar-refractivity contribution in [1.29, 1.82) is 0 Å². The predicted molar refractivity (Wildman–Crippen MR) is 101 cm³/mol. The van der Waals surface area contributed by atoms with Crippen LogP contribution in [0.25, 0.3) is 0 Å². The van der Waals surface area contributed by atoms with Crippen molar-refractivity contribution in [3.63, 3.8) is 0 Å². The number of hydrazone groups is 1. The number of benzene rings is 2. The van der Waals surface area contributed by atoms with E-state index in [-0.39, 0.29) is 5.91 Å². The zero-order valence-electron chi connectivity index (χ0n) is 14.4. The summed E-state index contributed by atoms with van der Waals surface area (Å²) in [5.74, 6) is -0.232. The Balaban J connectivity index is 2.05. The molecule has 5 heteroatoms. The van der Waals surface area contributed by atoms with Crippen LogP contribution in [0.2, 0.25) is 0 Å². The van der Waals surface area contributed by atoms with E-state index in [1.165, 1.54) is 0 Å². The average Bonchev–Trinajstić information content (AvgIpc) is 2.61. The van der Waals surface area contributed by atoms with Gasteiger partial charge in [0.15, 0.2) is 0 Å². The van der Waals surface area contributed by atoms with Gasteiger partial charge in [0.25, 0.3) is 5.91 Å². The molecule has 24 heavy (non-hydrogen) atoms. The molecule has 126 valence electrons. The molecule has 2 aromatic rings. The maximum absolute atomic E-state index is 12.2. The van der Waals surface area contributed by atoms with Gasteiger partial charge in [0.05, 0.1) is 5.71 Å². The van der Waals surface area contributed by atoms with Crippen molar-refractivity contribution in [2.75, 3.05) is 23.7 Å². The number of amides is 1. The first-order chi connectivity index (χ1) is 11.5. The van der Waals surface area contributed by atoms with Gasteiger partial charge in [-0.3, -0.25) is 4.79 Å². The molecule has 0 spiro atoms. The van der Waals surface area contributed by atoms with E-state index in [4.69, 9.17) is 5.73 Å². The number of hydrogen-bond donors (Lipinski definition) is 2. The van der Waals surface area contributed by atoms with Crippen molar-refractivity contribution in [2.24, 2.45) is 5.10 Å². The first-order valence-corrected chi connectivity index (χ1v) is 8.10. The summed E-state index contributed by atoms with van der Waals surface area (Å²) in [6, 6.07) is 14.9. The van der Waals surface area contributed by atoms with Gasteiger partial charge in [-0.15, -0.1) is 0 Å². The van der Waals surface area contributed by atoms with Crippen molar-refractivity contribution in [3.8, 4) is 0 Å². The SMILES string of the molecule is CCN(CC)c1ccc(C(=O)N/N=C(/C)c2cccc(N)c2)cc1. The van der Waals surface area contributed by atoms with Gasteiger partial charge in [0.1, 0.15) is 0 Å². The number of nitrogens with zero attached hydrogens (tertiary/aromatic N) is 2. The van der Waals surface area contributed by atoms with E-state index in [1.807, 2.05) is 55.5 Å². The second-order valence-corrected chi connectivity index (χ2v) is 5.48. The van der Waals surface area contributed by atoms with E-state index in [9.17, 15) is 4.79 Å². The van der Waals surface area contributed by atoms with Crippen LogP contribution in [0.15, 0.2) is 53.6 Å². The summed E-state index contributed by atoms with van der Waals surface area (Å²) in [4.78, 5) is 14.4. The number of carbonyl (C=O) groups excluding carboxylic acids is 1. The van der Waals surface area contributed by atoms with E-state index in [0.29, 0.717) is 17.0 Å². The Kier molecular flexibility index (Phi) is 5.95. The van der Waals surface area contributed by atoms with Crippen molar-refractivity contribution in [2.45, 2.75) is 20.8 Å². The lowest BCUT2D eigenvalue weighted by molar-refractivity contribution is 0.0955. The fourth-order valence-electron chi connectivity index (χ4n) is 2.44. The van der Waals surface area contributed by atoms with E-state index in [0.717, 1.165) is 24.3 Å². The van der Waals surface area contributed by atoms with E-state index in [1.54, 1.807) is 0 Å². The molecule has 2 aromatic carbocycles. The Bertz CT molecular complexity index is 718. The number of nitrogens with two attached hydrogens (primary N) is 1. The Hall–Kier alpha value is -2.82. The van der Waals surface area contributed by atoms with Crippen molar-refractivity contribution < 1.29 is 4.79 Å². The number of anilines is 2. The number of rotatable bonds is 6. The van der Waals surface area contributed by atoms with Gasteiger partial charge in [-0.2, -0.15) is 5.10 Å². The minimum absolute atomic E-state index is 0.232. The van der Waals surface area contributed by atoms with Crippen molar-refractivity contribution in [3.05, 3.63) is 59.7 Å². The monoisotopic (exact) mass is 324 g/mol. The standard InChI is InChI=1S/C19H24N4O/c1-4-23(5-2)18-11-9-15(10-12-18)19(24)22-21-14(3)16-7-6-8-17(20)13-16/h6-13H,4-5,20H2,1-3H3,(H,22,24)/b21-14-. The quantitative estimate of drug-likeness (QED) is 0.487. The molecule has 3 N–H and O–H groups in total. The molecule has 0 atom stereocenters. The fourth-order valence-corrected chi connectivity index (χ4v) is 2.44. The summed E-state index contributed by atoms with van der Waals surface area (Å²) >= 11 is 0. The lowest BCUT2D eigenvalue weighted by Crippen LogP contribution is -2.22. The fraction of sp³-hybridized carbons (Fsp3) is 0.263. The minimum Gasteiger partial charge on any atom is -0.399 e. The van der Waals surface area contributed by atoms with Gasteiger partial charge in [0, 0.05) is 30.0 Å². The summed E-state index contributed by atoms with van der Waals surface area (Å²) in [5, 5.41) is 4.15. The molecule has 0 aliphatic rings. The van der Waals surface area contributed by atoms with Crippen molar-refractivity contribution >= 4 is 23.0 Å². The van der Waals surface area contributed by atoms with Gasteiger partial charge < -0.3 is 10.6 Å². The predicted octanol–water partition coefficient (Wildman–Crippen LogP) is 3.27. The lowest BCUT2D eigenvalue weighted by atomic mass is 10.1. The van der Waals surface area contributed by atoms with E-state index in [2.05, 4.69) is 29.3 Å². The van der Waals surface area contributed by atoms with Gasteiger partial charge in [-0.05, 0) is 62.7 Å². The number of hydrogen-bond acceptors (Lipinski definition) is 4. The average molecular weight is 324 g/mol. The highest BCUT2D eigenvalue weighted by atomic mass is 16.2. The maximum Gasteiger partial charge on any atom is 0.271 e. The van der Waals surface area contributed by atoms with Gasteiger partial charge in [-0.1, -0.05) is 12.1 Å². The Labute approximate surface area is 143 Å². The first kappa shape index (κ1) is 17.5. The van der Waals surface area contributed by atoms with Crippen LogP contribution in [0, 0.1) is 0 Å². The molecule has 0 heterocycles. The molecule has 0 radical (unpaired) electrons. The van der Waals surface area contributed by atoms with Gasteiger partial charge >= 0.3 is 0 Å². The number of nitrogens with one attached hydrogen (secondary N) is 1. The molecule has 0 saturated carbocycles. The van der Waals surface area contributed by atoms with Gasteiger partial charge in [-0.25, -0.2) is 5.43 Å². The third kappa shape index (κ3) is 4.35. The largest absolute Gasteiger partial charge is 0.399 e. The summed E-state index contributed by atoms with van der Waals surface area (Å²) in [6.45, 7) is 7.92. The molecule has 0 bridgehead atoms. The highest BCUT2D eigenvalue weighted by molar-refractivity contribution is 6.01. The summed E-state index contributed by atoms with van der Waals surface area (Å²) in [6.07, 6.45) is 0. The highest BCUT2D eigenvalue weighted by Crippen LogP contribution is 2.15. The topological polar surface area (TPSA) is 70.7 Å². The van der Waals surface area contributed by atoms with Crippen LogP contribution in [0.4, 0.5) is 11.4 Å². The molecule has 0 aliphatic carbocycles. The first-order valence-electron chi connectivity index (χ1n) is 8.10. The summed E-state index contributed by atoms with van der Waals surface area (Å²) in [7, 11) is 0. The molecule has 5 nitrogen and oxygen atoms in total. The van der Waals surface area contributed by atoms with Crippen LogP contribution >= 0.6 is 0 Å².